The molecule has 1 heterocycles. The van der Waals surface area contributed by atoms with Gasteiger partial charge in [0.15, 0.2) is 0 Å². The molecule has 1 saturated heterocycles. The van der Waals surface area contributed by atoms with E-state index in [1.54, 1.807) is 6.07 Å². The molecule has 2 rings (SSSR count). The first-order valence-corrected chi connectivity index (χ1v) is 6.57. The molecule has 1 fully saturated rings. The number of halogens is 2. The summed E-state index contributed by atoms with van der Waals surface area (Å²) in [5, 5.41) is 9.54. The van der Waals surface area contributed by atoms with E-state index >= 15 is 0 Å². The van der Waals surface area contributed by atoms with Gasteiger partial charge >= 0.3 is 6.03 Å². The number of anilines is 1. The largest absolute Gasteiger partial charge is 0.334 e. The lowest BCUT2D eigenvalue weighted by Crippen LogP contribution is -2.47. The lowest BCUT2D eigenvalue weighted by Gasteiger charge is -2.24. The second-order valence-electron chi connectivity index (χ2n) is 4.63. The van der Waals surface area contributed by atoms with Crippen molar-refractivity contribution in [3.8, 4) is 0 Å². The molecule has 0 unspecified atom stereocenters. The van der Waals surface area contributed by atoms with Crippen molar-refractivity contribution in [2.75, 3.05) is 18.4 Å². The standard InChI is InChI=1S/C13H18ClN3O.ClH/c1-9-4-5-11(14)12(7-9)17-13(18)16-10-3-2-6-15-8-10;/h4-5,7,10,15H,2-3,6,8H2,1H3,(H2,16,17,18);1H/t10-;/m0./s1. The molecule has 3 N–H and O–H groups in total. The van der Waals surface area contributed by atoms with Crippen molar-refractivity contribution in [3.63, 3.8) is 0 Å². The molecule has 106 valence electrons. The van der Waals surface area contributed by atoms with Crippen molar-refractivity contribution >= 4 is 35.7 Å². The van der Waals surface area contributed by atoms with E-state index in [0.717, 1.165) is 31.5 Å². The number of hydrogen-bond acceptors (Lipinski definition) is 2. The number of urea groups is 1. The van der Waals surface area contributed by atoms with Crippen LogP contribution in [-0.4, -0.2) is 25.2 Å². The molecule has 1 atom stereocenters. The number of aryl methyl sites for hydroxylation is 1. The normalized spacial score (nSPS) is 18.3. The third-order valence-electron chi connectivity index (χ3n) is 3.00. The lowest BCUT2D eigenvalue weighted by molar-refractivity contribution is 0.245. The van der Waals surface area contributed by atoms with Gasteiger partial charge in [-0.1, -0.05) is 17.7 Å². The van der Waals surface area contributed by atoms with Gasteiger partial charge in [-0.2, -0.15) is 0 Å². The summed E-state index contributed by atoms with van der Waals surface area (Å²) in [7, 11) is 0. The zero-order valence-corrected chi connectivity index (χ0v) is 12.4. The Morgan fingerprint density at radius 1 is 1.47 bits per heavy atom. The molecule has 6 heteroatoms. The fourth-order valence-electron chi connectivity index (χ4n) is 2.05. The molecule has 1 aromatic carbocycles. The molecule has 0 aliphatic carbocycles. The molecular weight excluding hydrogens is 285 g/mol. The Morgan fingerprint density at radius 2 is 2.26 bits per heavy atom. The molecule has 0 bridgehead atoms. The third-order valence-corrected chi connectivity index (χ3v) is 3.33. The highest BCUT2D eigenvalue weighted by atomic mass is 35.5. The maximum Gasteiger partial charge on any atom is 0.319 e. The predicted molar refractivity (Wildman–Crippen MR) is 81.5 cm³/mol. The summed E-state index contributed by atoms with van der Waals surface area (Å²) in [6.45, 7) is 3.82. The van der Waals surface area contributed by atoms with Crippen LogP contribution in [0.15, 0.2) is 18.2 Å². The third kappa shape index (κ3) is 4.90. The van der Waals surface area contributed by atoms with Crippen molar-refractivity contribution in [3.05, 3.63) is 28.8 Å². The monoisotopic (exact) mass is 303 g/mol. The van der Waals surface area contributed by atoms with Crippen molar-refractivity contribution in [1.82, 2.24) is 10.6 Å². The minimum atomic E-state index is -0.198. The highest BCUT2D eigenvalue weighted by Gasteiger charge is 2.15. The van der Waals surface area contributed by atoms with Gasteiger partial charge in [0.05, 0.1) is 10.7 Å². The first kappa shape index (κ1) is 16.1. The van der Waals surface area contributed by atoms with Gasteiger partial charge in [0.2, 0.25) is 0 Å². The maximum absolute atomic E-state index is 11.8. The number of piperidine rings is 1. The Kier molecular flexibility index (Phi) is 6.42. The molecule has 4 nitrogen and oxygen atoms in total. The van der Waals surface area contributed by atoms with Crippen LogP contribution in [0.25, 0.3) is 0 Å². The van der Waals surface area contributed by atoms with Crippen molar-refractivity contribution in [2.24, 2.45) is 0 Å². The molecule has 0 saturated carbocycles. The van der Waals surface area contributed by atoms with Gasteiger partial charge in [-0.3, -0.25) is 0 Å². The van der Waals surface area contributed by atoms with Crippen LogP contribution in [-0.2, 0) is 0 Å². The zero-order chi connectivity index (χ0) is 13.0. The molecule has 2 amide bonds. The van der Waals surface area contributed by atoms with E-state index < -0.39 is 0 Å². The topological polar surface area (TPSA) is 53.2 Å². The molecule has 0 spiro atoms. The van der Waals surface area contributed by atoms with E-state index in [4.69, 9.17) is 11.6 Å². The minimum absolute atomic E-state index is 0. The van der Waals surface area contributed by atoms with E-state index in [0.29, 0.717) is 10.7 Å². The number of rotatable bonds is 2. The second-order valence-corrected chi connectivity index (χ2v) is 5.03. The molecule has 1 aliphatic heterocycles. The lowest BCUT2D eigenvalue weighted by atomic mass is 10.1. The van der Waals surface area contributed by atoms with Crippen LogP contribution in [0.2, 0.25) is 5.02 Å². The number of benzene rings is 1. The fourth-order valence-corrected chi connectivity index (χ4v) is 2.22. The van der Waals surface area contributed by atoms with Crippen molar-refractivity contribution in [2.45, 2.75) is 25.8 Å². The first-order valence-electron chi connectivity index (χ1n) is 6.19. The van der Waals surface area contributed by atoms with E-state index in [-0.39, 0.29) is 24.5 Å². The van der Waals surface area contributed by atoms with E-state index in [9.17, 15) is 4.79 Å². The summed E-state index contributed by atoms with van der Waals surface area (Å²) in [6, 6.07) is 5.56. The summed E-state index contributed by atoms with van der Waals surface area (Å²) < 4.78 is 0. The predicted octanol–water partition coefficient (Wildman–Crippen LogP) is 2.94. The van der Waals surface area contributed by atoms with Crippen LogP contribution < -0.4 is 16.0 Å². The molecule has 0 radical (unpaired) electrons. The number of hydrogen-bond donors (Lipinski definition) is 3. The number of amides is 2. The summed E-state index contributed by atoms with van der Waals surface area (Å²) in [4.78, 5) is 11.8. The van der Waals surface area contributed by atoms with Crippen LogP contribution in [0.5, 0.6) is 0 Å². The van der Waals surface area contributed by atoms with Crippen LogP contribution in [0.4, 0.5) is 10.5 Å². The van der Waals surface area contributed by atoms with Gasteiger partial charge in [0.1, 0.15) is 0 Å². The highest BCUT2D eigenvalue weighted by molar-refractivity contribution is 6.33. The summed E-state index contributed by atoms with van der Waals surface area (Å²) in [5.74, 6) is 0. The summed E-state index contributed by atoms with van der Waals surface area (Å²) >= 11 is 6.03. The van der Waals surface area contributed by atoms with E-state index in [1.165, 1.54) is 0 Å². The Labute approximate surface area is 124 Å². The van der Waals surface area contributed by atoms with Gasteiger partial charge in [-0.15, -0.1) is 12.4 Å². The quantitative estimate of drug-likeness (QED) is 0.787. The van der Waals surface area contributed by atoms with Crippen LogP contribution in [0.1, 0.15) is 18.4 Å². The summed E-state index contributed by atoms with van der Waals surface area (Å²) in [6.07, 6.45) is 2.11. The molecule has 0 aromatic heterocycles. The van der Waals surface area contributed by atoms with E-state index in [1.807, 2.05) is 19.1 Å². The Bertz CT molecular complexity index is 434. The summed E-state index contributed by atoms with van der Waals surface area (Å²) in [5.41, 5.74) is 1.71. The van der Waals surface area contributed by atoms with Crippen LogP contribution in [0.3, 0.4) is 0 Å². The molecule has 1 aliphatic rings. The Hall–Kier alpha value is -0.970. The SMILES string of the molecule is Cc1ccc(Cl)c(NC(=O)N[C@H]2CCCNC2)c1.Cl. The average molecular weight is 304 g/mol. The van der Waals surface area contributed by atoms with Gasteiger partial charge in [0, 0.05) is 12.6 Å². The van der Waals surface area contributed by atoms with Crippen LogP contribution in [0, 0.1) is 6.92 Å². The number of carbonyl (C=O) groups excluding carboxylic acids is 1. The molecule has 1 aromatic rings. The molecular formula is C13H19Cl2N3O. The zero-order valence-electron chi connectivity index (χ0n) is 10.8. The minimum Gasteiger partial charge on any atom is -0.334 e. The van der Waals surface area contributed by atoms with Crippen molar-refractivity contribution in [1.29, 1.82) is 0 Å². The average Bonchev–Trinajstić information content (AvgIpc) is 2.35. The van der Waals surface area contributed by atoms with Crippen LogP contribution >= 0.6 is 24.0 Å². The smallest absolute Gasteiger partial charge is 0.319 e. The van der Waals surface area contributed by atoms with Gasteiger partial charge in [-0.05, 0) is 44.0 Å². The van der Waals surface area contributed by atoms with Crippen molar-refractivity contribution < 1.29 is 4.79 Å². The Balaban J connectivity index is 0.00000180. The Morgan fingerprint density at radius 3 is 2.95 bits per heavy atom. The molecule has 19 heavy (non-hydrogen) atoms. The first-order chi connectivity index (χ1) is 8.65. The van der Waals surface area contributed by atoms with Gasteiger partial charge in [0.25, 0.3) is 0 Å². The van der Waals surface area contributed by atoms with Gasteiger partial charge in [-0.25, -0.2) is 4.79 Å². The maximum atomic E-state index is 11.8. The fraction of sp³-hybridized carbons (Fsp3) is 0.462. The van der Waals surface area contributed by atoms with Gasteiger partial charge < -0.3 is 16.0 Å². The number of carbonyl (C=O) groups is 1. The van der Waals surface area contributed by atoms with E-state index in [2.05, 4.69) is 16.0 Å². The highest BCUT2D eigenvalue weighted by Crippen LogP contribution is 2.22. The number of nitrogens with one attached hydrogen (secondary N) is 3. The second kappa shape index (κ2) is 7.58.